The fourth-order valence-corrected chi connectivity index (χ4v) is 2.74. The van der Waals surface area contributed by atoms with Crippen LogP contribution in [-0.2, 0) is 6.61 Å². The van der Waals surface area contributed by atoms with Crippen molar-refractivity contribution in [2.24, 2.45) is 5.73 Å². The zero-order chi connectivity index (χ0) is 19.3. The van der Waals surface area contributed by atoms with Crippen molar-refractivity contribution in [2.45, 2.75) is 19.6 Å². The Balaban J connectivity index is 2.10. The van der Waals surface area contributed by atoms with E-state index in [1.54, 1.807) is 0 Å². The van der Waals surface area contributed by atoms with Gasteiger partial charge in [-0.25, -0.2) is 9.18 Å². The highest BCUT2D eigenvalue weighted by molar-refractivity contribution is 7.11. The smallest absolute Gasteiger partial charge is 0.320 e. The van der Waals surface area contributed by atoms with Gasteiger partial charge >= 0.3 is 6.03 Å². The number of benzene rings is 1. The van der Waals surface area contributed by atoms with Crippen LogP contribution < -0.4 is 21.1 Å². The molecule has 1 heterocycles. The summed E-state index contributed by atoms with van der Waals surface area (Å²) >= 11 is 6.47. The average Bonchev–Trinajstić information content (AvgIpc) is 2.95. The first-order chi connectivity index (χ1) is 12.3. The summed E-state index contributed by atoms with van der Waals surface area (Å²) in [6.45, 7) is 1.32. The summed E-state index contributed by atoms with van der Waals surface area (Å²) in [5.74, 6) is -1.55. The van der Waals surface area contributed by atoms with Crippen molar-refractivity contribution in [2.75, 3.05) is 11.9 Å². The fraction of sp³-hybridized carbons (Fsp3) is 0.267. The van der Waals surface area contributed by atoms with E-state index < -0.39 is 23.9 Å². The van der Waals surface area contributed by atoms with Gasteiger partial charge in [0, 0.05) is 17.1 Å². The lowest BCUT2D eigenvalue weighted by molar-refractivity contribution is 0.0996. The van der Waals surface area contributed by atoms with Crippen LogP contribution in [0.25, 0.3) is 0 Å². The molecule has 0 bridgehead atoms. The first-order valence-electron chi connectivity index (χ1n) is 7.37. The molecular formula is C15H16ClFN4O4S. The molecule has 0 aliphatic heterocycles. The van der Waals surface area contributed by atoms with E-state index in [1.807, 2.05) is 0 Å². The summed E-state index contributed by atoms with van der Waals surface area (Å²) in [5, 5.41) is 14.3. The van der Waals surface area contributed by atoms with Gasteiger partial charge < -0.3 is 20.9 Å². The van der Waals surface area contributed by atoms with Gasteiger partial charge in [-0.15, -0.1) is 0 Å². The molecule has 3 amide bonds. The summed E-state index contributed by atoms with van der Waals surface area (Å²) in [6, 6.07) is 3.43. The molecule has 0 spiro atoms. The number of aliphatic hydroxyl groups is 1. The maximum atomic E-state index is 13.8. The predicted molar refractivity (Wildman–Crippen MR) is 95.1 cm³/mol. The monoisotopic (exact) mass is 402 g/mol. The second-order valence-electron chi connectivity index (χ2n) is 5.26. The topological polar surface area (TPSA) is 127 Å². The lowest BCUT2D eigenvalue weighted by Crippen LogP contribution is -2.34. The van der Waals surface area contributed by atoms with E-state index in [1.165, 1.54) is 19.1 Å². The molecule has 11 heteroatoms. The van der Waals surface area contributed by atoms with Gasteiger partial charge in [0.1, 0.15) is 23.0 Å². The molecule has 5 N–H and O–H groups in total. The van der Waals surface area contributed by atoms with Crippen LogP contribution in [-0.4, -0.2) is 34.1 Å². The Morgan fingerprint density at radius 3 is 2.85 bits per heavy atom. The van der Waals surface area contributed by atoms with Gasteiger partial charge in [0.05, 0.1) is 6.10 Å². The number of urea groups is 1. The molecular weight excluding hydrogens is 387 g/mol. The third kappa shape index (κ3) is 5.28. The molecule has 26 heavy (non-hydrogen) atoms. The highest BCUT2D eigenvalue weighted by Crippen LogP contribution is 2.31. The van der Waals surface area contributed by atoms with Crippen molar-refractivity contribution in [3.05, 3.63) is 40.2 Å². The minimum absolute atomic E-state index is 0.0236. The molecule has 1 atom stereocenters. The number of carbonyl (C=O) groups is 2. The van der Waals surface area contributed by atoms with Gasteiger partial charge in [-0.2, -0.15) is 4.37 Å². The Labute approximate surface area is 157 Å². The van der Waals surface area contributed by atoms with Crippen LogP contribution in [0.4, 0.5) is 14.2 Å². The number of primary amides is 1. The van der Waals surface area contributed by atoms with Crippen molar-refractivity contribution >= 4 is 40.1 Å². The van der Waals surface area contributed by atoms with Crippen molar-refractivity contribution in [1.29, 1.82) is 0 Å². The number of anilines is 1. The number of carbonyl (C=O) groups excluding carboxylic acids is 2. The number of nitrogens with two attached hydrogens (primary N) is 1. The minimum Gasteiger partial charge on any atom is -0.471 e. The minimum atomic E-state index is -0.865. The fourth-order valence-electron chi connectivity index (χ4n) is 1.85. The van der Waals surface area contributed by atoms with E-state index >= 15 is 0 Å². The number of ether oxygens (including phenoxy) is 1. The highest BCUT2D eigenvalue weighted by atomic mass is 35.5. The van der Waals surface area contributed by atoms with Crippen LogP contribution in [0.15, 0.2) is 18.2 Å². The van der Waals surface area contributed by atoms with Crippen LogP contribution in [0.2, 0.25) is 5.02 Å². The van der Waals surface area contributed by atoms with Gasteiger partial charge in [0.15, 0.2) is 0 Å². The van der Waals surface area contributed by atoms with Crippen LogP contribution in [0.1, 0.15) is 22.8 Å². The quantitative estimate of drug-likeness (QED) is 0.564. The lowest BCUT2D eigenvalue weighted by Gasteiger charge is -2.09. The molecule has 140 valence electrons. The van der Waals surface area contributed by atoms with Crippen LogP contribution in [0.5, 0.6) is 5.88 Å². The number of amides is 3. The largest absolute Gasteiger partial charge is 0.471 e. The number of nitrogens with zero attached hydrogens (tertiary/aromatic N) is 1. The van der Waals surface area contributed by atoms with Crippen LogP contribution in [0, 0.1) is 5.82 Å². The third-order valence-electron chi connectivity index (χ3n) is 3.07. The molecule has 0 radical (unpaired) electrons. The van der Waals surface area contributed by atoms with E-state index in [4.69, 9.17) is 27.2 Å². The highest BCUT2D eigenvalue weighted by Gasteiger charge is 2.22. The second-order valence-corrected chi connectivity index (χ2v) is 6.47. The molecule has 8 nitrogen and oxygen atoms in total. The number of aliphatic hydroxyl groups excluding tert-OH is 1. The van der Waals surface area contributed by atoms with Crippen molar-refractivity contribution in [3.63, 3.8) is 0 Å². The Bertz CT molecular complexity index is 815. The van der Waals surface area contributed by atoms with Gasteiger partial charge in [0.25, 0.3) is 5.91 Å². The summed E-state index contributed by atoms with van der Waals surface area (Å²) in [7, 11) is 0. The van der Waals surface area contributed by atoms with E-state index in [-0.39, 0.29) is 40.2 Å². The number of nitrogens with one attached hydrogen (secondary N) is 2. The maximum absolute atomic E-state index is 13.8. The first-order valence-corrected chi connectivity index (χ1v) is 8.52. The zero-order valence-electron chi connectivity index (χ0n) is 13.6. The van der Waals surface area contributed by atoms with Crippen molar-refractivity contribution in [3.8, 4) is 5.88 Å². The molecule has 2 aromatic rings. The zero-order valence-corrected chi connectivity index (χ0v) is 15.2. The average molecular weight is 403 g/mol. The number of halogens is 2. The first kappa shape index (κ1) is 19.9. The van der Waals surface area contributed by atoms with Crippen molar-refractivity contribution < 1.29 is 23.8 Å². The molecule has 1 aromatic heterocycles. The molecule has 0 saturated carbocycles. The summed E-state index contributed by atoms with van der Waals surface area (Å²) in [5.41, 5.74) is 5.40. The lowest BCUT2D eigenvalue weighted by atomic mass is 10.2. The summed E-state index contributed by atoms with van der Waals surface area (Å²) in [6.07, 6.45) is -0.731. The molecule has 2 rings (SSSR count). The summed E-state index contributed by atoms with van der Waals surface area (Å²) < 4.78 is 23.1. The molecule has 0 fully saturated rings. The van der Waals surface area contributed by atoms with Gasteiger partial charge in [-0.05, 0) is 30.6 Å². The van der Waals surface area contributed by atoms with E-state index in [2.05, 4.69) is 15.0 Å². The van der Waals surface area contributed by atoms with Gasteiger partial charge in [0.2, 0.25) is 5.88 Å². The van der Waals surface area contributed by atoms with Crippen LogP contribution >= 0.6 is 23.1 Å². The summed E-state index contributed by atoms with van der Waals surface area (Å²) in [4.78, 5) is 23.4. The Morgan fingerprint density at radius 1 is 1.50 bits per heavy atom. The molecule has 0 aliphatic carbocycles. The number of rotatable bonds is 7. The Kier molecular flexibility index (Phi) is 6.72. The van der Waals surface area contributed by atoms with E-state index in [0.29, 0.717) is 0 Å². The Morgan fingerprint density at radius 2 is 2.23 bits per heavy atom. The van der Waals surface area contributed by atoms with Gasteiger partial charge in [-0.3, -0.25) is 10.1 Å². The second kappa shape index (κ2) is 8.79. The molecule has 1 aromatic carbocycles. The van der Waals surface area contributed by atoms with E-state index in [9.17, 15) is 14.0 Å². The maximum Gasteiger partial charge on any atom is 0.320 e. The molecule has 0 saturated heterocycles. The molecule has 0 aliphatic rings. The Hall–Kier alpha value is -2.43. The number of aromatic nitrogens is 1. The van der Waals surface area contributed by atoms with Crippen LogP contribution in [0.3, 0.4) is 0 Å². The van der Waals surface area contributed by atoms with E-state index in [0.717, 1.165) is 17.6 Å². The number of hydrogen-bond acceptors (Lipinski definition) is 6. The number of hydrogen-bond donors (Lipinski definition) is 4. The normalized spacial score (nSPS) is 11.7. The predicted octanol–water partition coefficient (Wildman–Crippen LogP) is 2.12. The SMILES string of the molecule is CC(O)CNC(=O)Nc1snc(OCc2ccc(Cl)cc2F)c1C(N)=O. The van der Waals surface area contributed by atoms with Crippen molar-refractivity contribution in [1.82, 2.24) is 9.69 Å². The third-order valence-corrected chi connectivity index (χ3v) is 4.05. The standard InChI is InChI=1S/C15H16ClFN4O4S/c1-7(22)5-19-15(24)20-14-11(12(18)23)13(21-26-14)25-6-8-2-3-9(16)4-10(8)17/h2-4,7,22H,5-6H2,1H3,(H2,18,23)(H2,19,20,24). The van der Waals surface area contributed by atoms with Gasteiger partial charge in [-0.1, -0.05) is 17.7 Å². The molecule has 1 unspecified atom stereocenters.